The smallest absolute Gasteiger partial charge is 0.247 e. The minimum absolute atomic E-state index is 0.0862. The molecule has 1 aromatic carbocycles. The summed E-state index contributed by atoms with van der Waals surface area (Å²) in [4.78, 5) is 28.2. The van der Waals surface area contributed by atoms with E-state index in [1.165, 1.54) is 17.7 Å². The standard InChI is InChI=1S/C26H35ClN2O5/c1-3-14-34-22-13-12-19(16-23(22)32-2)25(26(31)28-20-9-6-4-5-7-10-20)29(24(30)17-27)18-21-11-8-15-33-21/h8,11-13,15-16,20,25H,3-7,9-10,14,17-18H2,1-2H3,(H,28,31)/t25-/m0/s1. The van der Waals surface area contributed by atoms with Crippen molar-refractivity contribution in [2.75, 3.05) is 19.6 Å². The Kier molecular flexibility index (Phi) is 10.1. The Hall–Kier alpha value is -2.67. The molecule has 1 aliphatic carbocycles. The van der Waals surface area contributed by atoms with E-state index in [-0.39, 0.29) is 30.3 Å². The average Bonchev–Trinajstić information content (AvgIpc) is 3.24. The number of furan rings is 1. The second kappa shape index (κ2) is 13.3. The van der Waals surface area contributed by atoms with Gasteiger partial charge in [-0.1, -0.05) is 38.7 Å². The Morgan fingerprint density at radius 1 is 1.18 bits per heavy atom. The molecule has 1 fully saturated rings. The van der Waals surface area contributed by atoms with Gasteiger partial charge >= 0.3 is 0 Å². The lowest BCUT2D eigenvalue weighted by Crippen LogP contribution is -2.46. The van der Waals surface area contributed by atoms with E-state index < -0.39 is 6.04 Å². The molecule has 1 heterocycles. The van der Waals surface area contributed by atoms with Crippen molar-refractivity contribution in [1.82, 2.24) is 10.2 Å². The van der Waals surface area contributed by atoms with Gasteiger partial charge in [0.15, 0.2) is 11.5 Å². The first kappa shape index (κ1) is 25.9. The largest absolute Gasteiger partial charge is 0.493 e. The van der Waals surface area contributed by atoms with Gasteiger partial charge in [0.2, 0.25) is 11.8 Å². The highest BCUT2D eigenvalue weighted by atomic mass is 35.5. The first-order valence-electron chi connectivity index (χ1n) is 12.1. The van der Waals surface area contributed by atoms with Crippen LogP contribution in [0.15, 0.2) is 41.0 Å². The molecule has 0 saturated heterocycles. The van der Waals surface area contributed by atoms with Crippen molar-refractivity contribution in [3.05, 3.63) is 47.9 Å². The Morgan fingerprint density at radius 3 is 2.56 bits per heavy atom. The van der Waals surface area contributed by atoms with Crippen molar-refractivity contribution < 1.29 is 23.5 Å². The molecule has 1 atom stereocenters. The molecule has 186 valence electrons. The van der Waals surface area contributed by atoms with Gasteiger partial charge in [-0.3, -0.25) is 9.59 Å². The maximum atomic E-state index is 13.7. The number of benzene rings is 1. The molecular weight excluding hydrogens is 456 g/mol. The lowest BCUT2D eigenvalue weighted by atomic mass is 10.0. The number of halogens is 1. The third-order valence-electron chi connectivity index (χ3n) is 6.07. The molecule has 8 heteroatoms. The van der Waals surface area contributed by atoms with E-state index in [0.29, 0.717) is 29.4 Å². The maximum Gasteiger partial charge on any atom is 0.247 e. The second-order valence-corrected chi connectivity index (χ2v) is 8.86. The molecule has 2 amide bonds. The number of carbonyl (C=O) groups excluding carboxylic acids is 2. The zero-order chi connectivity index (χ0) is 24.3. The van der Waals surface area contributed by atoms with Crippen LogP contribution in [0.25, 0.3) is 0 Å². The van der Waals surface area contributed by atoms with E-state index in [4.69, 9.17) is 25.5 Å². The summed E-state index contributed by atoms with van der Waals surface area (Å²) in [5.41, 5.74) is 0.622. The molecule has 0 unspecified atom stereocenters. The van der Waals surface area contributed by atoms with Crippen molar-refractivity contribution in [3.8, 4) is 11.5 Å². The third kappa shape index (κ3) is 6.92. The first-order valence-corrected chi connectivity index (χ1v) is 12.6. The zero-order valence-corrected chi connectivity index (χ0v) is 20.8. The number of rotatable bonds is 11. The highest BCUT2D eigenvalue weighted by Crippen LogP contribution is 2.34. The number of hydrogen-bond donors (Lipinski definition) is 1. The first-order chi connectivity index (χ1) is 16.6. The van der Waals surface area contributed by atoms with Gasteiger partial charge in [0.25, 0.3) is 0 Å². The highest BCUT2D eigenvalue weighted by Gasteiger charge is 2.33. The number of alkyl halides is 1. The van der Waals surface area contributed by atoms with Crippen molar-refractivity contribution >= 4 is 23.4 Å². The fourth-order valence-corrected chi connectivity index (χ4v) is 4.49. The number of methoxy groups -OCH3 is 1. The van der Waals surface area contributed by atoms with Crippen LogP contribution in [-0.2, 0) is 16.1 Å². The molecule has 1 aliphatic rings. The van der Waals surface area contributed by atoms with Crippen LogP contribution in [0, 0.1) is 0 Å². The van der Waals surface area contributed by atoms with Crippen LogP contribution >= 0.6 is 11.6 Å². The van der Waals surface area contributed by atoms with E-state index in [9.17, 15) is 9.59 Å². The van der Waals surface area contributed by atoms with Gasteiger partial charge in [-0.25, -0.2) is 0 Å². The van der Waals surface area contributed by atoms with Gasteiger partial charge < -0.3 is 24.1 Å². The van der Waals surface area contributed by atoms with Crippen molar-refractivity contribution in [3.63, 3.8) is 0 Å². The number of nitrogens with zero attached hydrogens (tertiary/aromatic N) is 1. The van der Waals surface area contributed by atoms with Crippen molar-refractivity contribution in [2.24, 2.45) is 0 Å². The number of hydrogen-bond acceptors (Lipinski definition) is 5. The van der Waals surface area contributed by atoms with Gasteiger partial charge in [0, 0.05) is 6.04 Å². The van der Waals surface area contributed by atoms with Crippen LogP contribution in [0.3, 0.4) is 0 Å². The molecule has 0 radical (unpaired) electrons. The highest BCUT2D eigenvalue weighted by molar-refractivity contribution is 6.27. The minimum atomic E-state index is -0.895. The predicted octanol–water partition coefficient (Wildman–Crippen LogP) is 5.22. The predicted molar refractivity (Wildman–Crippen MR) is 131 cm³/mol. The van der Waals surface area contributed by atoms with E-state index in [2.05, 4.69) is 5.32 Å². The van der Waals surface area contributed by atoms with Gasteiger partial charge in [0.1, 0.15) is 17.7 Å². The molecule has 0 aliphatic heterocycles. The maximum absolute atomic E-state index is 13.7. The number of nitrogens with one attached hydrogen (secondary N) is 1. The Balaban J connectivity index is 1.97. The van der Waals surface area contributed by atoms with E-state index in [1.54, 1.807) is 37.6 Å². The van der Waals surface area contributed by atoms with Gasteiger partial charge in [0.05, 0.1) is 26.5 Å². The summed E-state index contributed by atoms with van der Waals surface area (Å²) >= 11 is 5.98. The summed E-state index contributed by atoms with van der Waals surface area (Å²) in [6.07, 6.45) is 8.82. The molecule has 2 aromatic rings. The second-order valence-electron chi connectivity index (χ2n) is 8.59. The molecule has 7 nitrogen and oxygen atoms in total. The van der Waals surface area contributed by atoms with E-state index >= 15 is 0 Å². The van der Waals surface area contributed by atoms with Crippen LogP contribution in [-0.4, -0.2) is 42.4 Å². The molecule has 0 bridgehead atoms. The van der Waals surface area contributed by atoms with Crippen LogP contribution < -0.4 is 14.8 Å². The summed E-state index contributed by atoms with van der Waals surface area (Å²) in [5.74, 6) is 0.834. The van der Waals surface area contributed by atoms with E-state index in [0.717, 1.165) is 32.1 Å². The average molecular weight is 491 g/mol. The SMILES string of the molecule is CCCOc1ccc([C@@H](C(=O)NC2CCCCCC2)N(Cc2ccco2)C(=O)CCl)cc1OC. The fraction of sp³-hybridized carbons (Fsp3) is 0.538. The molecule has 1 N–H and O–H groups in total. The number of amides is 2. The summed E-state index contributed by atoms with van der Waals surface area (Å²) in [6, 6.07) is 8.07. The number of ether oxygens (including phenoxy) is 2. The molecule has 1 saturated carbocycles. The van der Waals surface area contributed by atoms with Gasteiger partial charge in [-0.05, 0) is 49.1 Å². The Bertz CT molecular complexity index is 910. The monoisotopic (exact) mass is 490 g/mol. The minimum Gasteiger partial charge on any atom is -0.493 e. The summed E-state index contributed by atoms with van der Waals surface area (Å²) in [6.45, 7) is 2.70. The Morgan fingerprint density at radius 2 is 1.94 bits per heavy atom. The number of carbonyl (C=O) groups is 2. The van der Waals surface area contributed by atoms with Crippen LogP contribution in [0.1, 0.15) is 69.2 Å². The lowest BCUT2D eigenvalue weighted by molar-refractivity contribution is -0.140. The molecular formula is C26H35ClN2O5. The summed E-state index contributed by atoms with van der Waals surface area (Å²) in [5, 5.41) is 3.20. The quantitative estimate of drug-likeness (QED) is 0.345. The van der Waals surface area contributed by atoms with E-state index in [1.807, 2.05) is 13.0 Å². The van der Waals surface area contributed by atoms with Crippen molar-refractivity contribution in [1.29, 1.82) is 0 Å². The Labute approximate surface area is 206 Å². The topological polar surface area (TPSA) is 81.0 Å². The molecule has 34 heavy (non-hydrogen) atoms. The molecule has 0 spiro atoms. The summed E-state index contributed by atoms with van der Waals surface area (Å²) in [7, 11) is 1.56. The molecule has 1 aromatic heterocycles. The normalized spacial score (nSPS) is 15.3. The van der Waals surface area contributed by atoms with Gasteiger partial charge in [-0.15, -0.1) is 11.6 Å². The molecule has 3 rings (SSSR count). The van der Waals surface area contributed by atoms with Crippen molar-refractivity contribution in [2.45, 2.75) is 70.5 Å². The van der Waals surface area contributed by atoms with Crippen LogP contribution in [0.2, 0.25) is 0 Å². The van der Waals surface area contributed by atoms with Crippen LogP contribution in [0.4, 0.5) is 0 Å². The summed E-state index contributed by atoms with van der Waals surface area (Å²) < 4.78 is 16.8. The van der Waals surface area contributed by atoms with Crippen LogP contribution in [0.5, 0.6) is 11.5 Å². The van der Waals surface area contributed by atoms with Gasteiger partial charge in [-0.2, -0.15) is 0 Å². The lowest BCUT2D eigenvalue weighted by Gasteiger charge is -2.32. The fourth-order valence-electron chi connectivity index (χ4n) is 4.33. The zero-order valence-electron chi connectivity index (χ0n) is 20.1. The third-order valence-corrected chi connectivity index (χ3v) is 6.30.